The van der Waals surface area contributed by atoms with Gasteiger partial charge in [-0.15, -0.1) is 0 Å². The molecular formula is C11H14ClN5O2. The van der Waals surface area contributed by atoms with Gasteiger partial charge >= 0.3 is 0 Å². The second-order valence-corrected chi connectivity index (χ2v) is 4.34. The molecule has 2 heterocycles. The average Bonchev–Trinajstić information content (AvgIpc) is 2.80. The van der Waals surface area contributed by atoms with Gasteiger partial charge in [0.05, 0.1) is 37.3 Å². The molecule has 0 atom stereocenters. The second kappa shape index (κ2) is 5.85. The van der Waals surface area contributed by atoms with Crippen LogP contribution < -0.4 is 10.9 Å². The summed E-state index contributed by atoms with van der Waals surface area (Å²) in [4.78, 5) is 11.8. The number of nitrogens with zero attached hydrogens (tertiary/aromatic N) is 4. The van der Waals surface area contributed by atoms with E-state index in [-0.39, 0.29) is 18.2 Å². The highest BCUT2D eigenvalue weighted by Gasteiger charge is 2.09. The summed E-state index contributed by atoms with van der Waals surface area (Å²) in [5.74, 6) is 0. The first-order chi connectivity index (χ1) is 9.11. The molecule has 0 fully saturated rings. The predicted octanol–water partition coefficient (Wildman–Crippen LogP) is 0.235. The first-order valence-corrected chi connectivity index (χ1v) is 6.08. The van der Waals surface area contributed by atoms with Crippen LogP contribution >= 0.6 is 11.6 Å². The second-order valence-electron chi connectivity index (χ2n) is 3.96. The fraction of sp³-hybridized carbons (Fsp3) is 0.364. The molecular weight excluding hydrogens is 270 g/mol. The van der Waals surface area contributed by atoms with E-state index in [0.29, 0.717) is 12.2 Å². The van der Waals surface area contributed by atoms with Gasteiger partial charge in [0.15, 0.2) is 0 Å². The number of halogens is 1. The van der Waals surface area contributed by atoms with Crippen LogP contribution in [0.15, 0.2) is 23.3 Å². The Hall–Kier alpha value is -1.86. The smallest absolute Gasteiger partial charge is 0.287 e. The molecule has 2 aromatic rings. The van der Waals surface area contributed by atoms with Crippen molar-refractivity contribution in [3.63, 3.8) is 0 Å². The number of nitrogens with one attached hydrogen (secondary N) is 1. The average molecular weight is 284 g/mol. The van der Waals surface area contributed by atoms with Gasteiger partial charge in [-0.2, -0.15) is 10.2 Å². The Balaban J connectivity index is 2.13. The zero-order chi connectivity index (χ0) is 13.8. The van der Waals surface area contributed by atoms with Crippen molar-refractivity contribution >= 4 is 17.3 Å². The van der Waals surface area contributed by atoms with E-state index >= 15 is 0 Å². The Morgan fingerprint density at radius 3 is 2.95 bits per heavy atom. The van der Waals surface area contributed by atoms with Gasteiger partial charge in [0, 0.05) is 13.2 Å². The third-order valence-corrected chi connectivity index (χ3v) is 2.89. The molecule has 7 nitrogen and oxygen atoms in total. The van der Waals surface area contributed by atoms with E-state index in [9.17, 15) is 4.79 Å². The summed E-state index contributed by atoms with van der Waals surface area (Å²) in [6.45, 7) is 0.411. The van der Waals surface area contributed by atoms with E-state index in [1.165, 1.54) is 6.20 Å². The summed E-state index contributed by atoms with van der Waals surface area (Å²) in [5.41, 5.74) is 0.853. The zero-order valence-electron chi connectivity index (χ0n) is 10.4. The quantitative estimate of drug-likeness (QED) is 0.821. The topological polar surface area (TPSA) is 85.0 Å². The lowest BCUT2D eigenvalue weighted by molar-refractivity contribution is 0.266. The van der Waals surface area contributed by atoms with Gasteiger partial charge in [-0.1, -0.05) is 11.6 Å². The molecule has 0 spiro atoms. The molecule has 2 aromatic heterocycles. The van der Waals surface area contributed by atoms with Crippen LogP contribution in [0.4, 0.5) is 5.69 Å². The number of hydrogen-bond donors (Lipinski definition) is 2. The van der Waals surface area contributed by atoms with Gasteiger partial charge in [0.2, 0.25) is 0 Å². The van der Waals surface area contributed by atoms with Gasteiger partial charge in [-0.3, -0.25) is 9.48 Å². The molecule has 0 aromatic carbocycles. The van der Waals surface area contributed by atoms with Crippen LogP contribution in [0.1, 0.15) is 5.69 Å². The van der Waals surface area contributed by atoms with E-state index < -0.39 is 5.56 Å². The molecule has 2 rings (SSSR count). The molecule has 2 N–H and O–H groups in total. The molecule has 0 aliphatic heterocycles. The zero-order valence-corrected chi connectivity index (χ0v) is 11.1. The Bertz CT molecular complexity index is 622. The molecule has 0 bridgehead atoms. The molecule has 0 unspecified atom stereocenters. The third-order valence-electron chi connectivity index (χ3n) is 2.53. The van der Waals surface area contributed by atoms with Crippen molar-refractivity contribution in [1.29, 1.82) is 0 Å². The van der Waals surface area contributed by atoms with Crippen LogP contribution in [-0.4, -0.2) is 31.3 Å². The molecule has 0 saturated heterocycles. The molecule has 0 aliphatic carbocycles. The van der Waals surface area contributed by atoms with Gasteiger partial charge in [0.25, 0.3) is 5.56 Å². The van der Waals surface area contributed by atoms with Crippen molar-refractivity contribution in [1.82, 2.24) is 19.6 Å². The van der Waals surface area contributed by atoms with E-state index in [0.717, 1.165) is 10.4 Å². The van der Waals surface area contributed by atoms with Gasteiger partial charge in [0.1, 0.15) is 5.02 Å². The molecule has 102 valence electrons. The standard InChI is InChI=1S/C11H14ClN5O2/c1-16-3-2-8(15-16)6-13-9-7-14-17(4-5-18)11(19)10(9)12/h2-3,7,13,18H,4-6H2,1H3. The lowest BCUT2D eigenvalue weighted by atomic mass is 10.4. The van der Waals surface area contributed by atoms with Crippen LogP contribution in [0, 0.1) is 0 Å². The first kappa shape index (κ1) is 13.6. The number of aliphatic hydroxyl groups is 1. The minimum Gasteiger partial charge on any atom is -0.394 e. The summed E-state index contributed by atoms with van der Waals surface area (Å²) in [7, 11) is 1.83. The van der Waals surface area contributed by atoms with Crippen LogP contribution in [0.3, 0.4) is 0 Å². The number of hydrogen-bond acceptors (Lipinski definition) is 5. The number of anilines is 1. The van der Waals surface area contributed by atoms with Gasteiger partial charge < -0.3 is 10.4 Å². The van der Waals surface area contributed by atoms with Gasteiger partial charge in [-0.25, -0.2) is 4.68 Å². The maximum atomic E-state index is 11.8. The van der Waals surface area contributed by atoms with Crippen molar-refractivity contribution in [3.05, 3.63) is 39.5 Å². The number of aliphatic hydroxyl groups excluding tert-OH is 1. The summed E-state index contributed by atoms with van der Waals surface area (Å²) in [6, 6.07) is 1.86. The summed E-state index contributed by atoms with van der Waals surface area (Å²) >= 11 is 5.96. The maximum absolute atomic E-state index is 11.8. The molecule has 19 heavy (non-hydrogen) atoms. The van der Waals surface area contributed by atoms with Crippen LogP contribution in [0.25, 0.3) is 0 Å². The maximum Gasteiger partial charge on any atom is 0.287 e. The minimum atomic E-state index is -0.429. The Kier molecular flexibility index (Phi) is 4.18. The van der Waals surface area contributed by atoms with E-state index in [1.807, 2.05) is 19.3 Å². The van der Waals surface area contributed by atoms with Crippen molar-refractivity contribution in [3.8, 4) is 0 Å². The lowest BCUT2D eigenvalue weighted by Gasteiger charge is -2.08. The first-order valence-electron chi connectivity index (χ1n) is 5.70. The molecule has 0 aliphatic rings. The van der Waals surface area contributed by atoms with Crippen LogP contribution in [-0.2, 0) is 20.1 Å². The number of aryl methyl sites for hydroxylation is 1. The summed E-state index contributed by atoms with van der Waals surface area (Å²) < 4.78 is 2.81. The lowest BCUT2D eigenvalue weighted by Crippen LogP contribution is -2.25. The summed E-state index contributed by atoms with van der Waals surface area (Å²) in [5, 5.41) is 20.0. The molecule has 0 amide bonds. The highest BCUT2D eigenvalue weighted by atomic mass is 35.5. The molecule has 0 radical (unpaired) electrons. The monoisotopic (exact) mass is 283 g/mol. The highest BCUT2D eigenvalue weighted by molar-refractivity contribution is 6.32. The molecule has 8 heteroatoms. The Labute approximate surface area is 114 Å². The van der Waals surface area contributed by atoms with Crippen molar-refractivity contribution in [2.45, 2.75) is 13.1 Å². The fourth-order valence-electron chi connectivity index (χ4n) is 1.59. The van der Waals surface area contributed by atoms with Gasteiger partial charge in [-0.05, 0) is 6.07 Å². The third kappa shape index (κ3) is 3.12. The van der Waals surface area contributed by atoms with E-state index in [4.69, 9.17) is 16.7 Å². The van der Waals surface area contributed by atoms with Crippen LogP contribution in [0.2, 0.25) is 5.02 Å². The van der Waals surface area contributed by atoms with Crippen LogP contribution in [0.5, 0.6) is 0 Å². The van der Waals surface area contributed by atoms with Crippen molar-refractivity contribution < 1.29 is 5.11 Å². The van der Waals surface area contributed by atoms with E-state index in [2.05, 4.69) is 15.5 Å². The normalized spacial score (nSPS) is 10.7. The van der Waals surface area contributed by atoms with Crippen molar-refractivity contribution in [2.24, 2.45) is 7.05 Å². The largest absolute Gasteiger partial charge is 0.394 e. The minimum absolute atomic E-state index is 0.0550. The van der Waals surface area contributed by atoms with E-state index in [1.54, 1.807) is 4.68 Å². The van der Waals surface area contributed by atoms with Crippen molar-refractivity contribution in [2.75, 3.05) is 11.9 Å². The number of rotatable bonds is 5. The fourth-order valence-corrected chi connectivity index (χ4v) is 1.80. The Morgan fingerprint density at radius 2 is 2.32 bits per heavy atom. The number of aromatic nitrogens is 4. The highest BCUT2D eigenvalue weighted by Crippen LogP contribution is 2.15. The molecule has 0 saturated carbocycles. The SMILES string of the molecule is Cn1ccc(CNc2cnn(CCO)c(=O)c2Cl)n1. The predicted molar refractivity (Wildman–Crippen MR) is 71.1 cm³/mol. The summed E-state index contributed by atoms with van der Waals surface area (Å²) in [6.07, 6.45) is 3.29. The Morgan fingerprint density at radius 1 is 1.53 bits per heavy atom.